The lowest BCUT2D eigenvalue weighted by atomic mass is 9.99. The van der Waals surface area contributed by atoms with Crippen LogP contribution in [0.4, 0.5) is 4.39 Å². The average Bonchev–Trinajstić information content (AvgIpc) is 3.26. The lowest BCUT2D eigenvalue weighted by molar-refractivity contribution is 0.0945. The molecule has 0 radical (unpaired) electrons. The van der Waals surface area contributed by atoms with Gasteiger partial charge in [0.05, 0.1) is 23.9 Å². The Morgan fingerprint density at radius 2 is 1.87 bits per heavy atom. The van der Waals surface area contributed by atoms with E-state index in [-0.39, 0.29) is 17.8 Å². The SMILES string of the molecule is COc1cc2c(C(=O)NC(C)C)c(-c3ccc(F)cc3)oc2cc1-c1c(C)noc1C. The van der Waals surface area contributed by atoms with Gasteiger partial charge in [-0.3, -0.25) is 4.79 Å². The van der Waals surface area contributed by atoms with E-state index in [1.165, 1.54) is 12.1 Å². The van der Waals surface area contributed by atoms with Gasteiger partial charge in [-0.05, 0) is 64.1 Å². The quantitative estimate of drug-likeness (QED) is 0.449. The summed E-state index contributed by atoms with van der Waals surface area (Å²) in [5, 5.41) is 7.55. The number of aromatic nitrogens is 1. The molecule has 0 saturated heterocycles. The van der Waals surface area contributed by atoms with Crippen molar-refractivity contribution in [1.82, 2.24) is 10.5 Å². The Kier molecular flexibility index (Phi) is 5.27. The first-order valence-electron chi connectivity index (χ1n) is 9.94. The van der Waals surface area contributed by atoms with Gasteiger partial charge in [-0.1, -0.05) is 5.16 Å². The number of fused-ring (bicyclic) bond motifs is 1. The highest BCUT2D eigenvalue weighted by Crippen LogP contribution is 2.42. The van der Waals surface area contributed by atoms with Crippen molar-refractivity contribution in [2.24, 2.45) is 0 Å². The molecule has 4 rings (SSSR count). The van der Waals surface area contributed by atoms with Crippen LogP contribution in [-0.2, 0) is 0 Å². The smallest absolute Gasteiger partial charge is 0.256 e. The molecule has 1 amide bonds. The summed E-state index contributed by atoms with van der Waals surface area (Å²) >= 11 is 0. The van der Waals surface area contributed by atoms with Crippen LogP contribution in [0, 0.1) is 19.7 Å². The van der Waals surface area contributed by atoms with Gasteiger partial charge < -0.3 is 19.0 Å². The van der Waals surface area contributed by atoms with E-state index in [2.05, 4.69) is 10.5 Å². The molecule has 2 heterocycles. The van der Waals surface area contributed by atoms with Crippen LogP contribution in [0.5, 0.6) is 5.75 Å². The van der Waals surface area contributed by atoms with E-state index in [0.29, 0.717) is 39.4 Å². The summed E-state index contributed by atoms with van der Waals surface area (Å²) in [6, 6.07) is 9.38. The summed E-state index contributed by atoms with van der Waals surface area (Å²) in [6.45, 7) is 7.44. The fraction of sp³-hybridized carbons (Fsp3) is 0.250. The number of hydrogen-bond acceptors (Lipinski definition) is 5. The molecule has 0 fully saturated rings. The van der Waals surface area contributed by atoms with Crippen LogP contribution in [0.2, 0.25) is 0 Å². The number of nitrogens with zero attached hydrogens (tertiary/aromatic N) is 1. The number of furan rings is 1. The van der Waals surface area contributed by atoms with Crippen LogP contribution in [-0.4, -0.2) is 24.2 Å². The molecule has 0 aliphatic carbocycles. The standard InChI is InChI=1S/C24H23FN2O4/c1-12(2)26-24(28)22-18-10-19(29-5)17(21-13(3)27-31-14(21)4)11-20(18)30-23(22)15-6-8-16(25)9-7-15/h6-12H,1-5H3,(H,26,28). The minimum atomic E-state index is -0.365. The van der Waals surface area contributed by atoms with E-state index in [1.807, 2.05) is 33.8 Å². The number of hydrogen-bond donors (Lipinski definition) is 1. The Bertz CT molecular complexity index is 1250. The second kappa shape index (κ2) is 7.91. The van der Waals surface area contributed by atoms with Crippen LogP contribution in [0.15, 0.2) is 45.3 Å². The maximum atomic E-state index is 13.5. The number of halogens is 1. The molecule has 0 saturated carbocycles. The maximum Gasteiger partial charge on any atom is 0.256 e. The normalized spacial score (nSPS) is 11.3. The van der Waals surface area contributed by atoms with Crippen molar-refractivity contribution < 1.29 is 22.9 Å². The molecule has 0 atom stereocenters. The average molecular weight is 422 g/mol. The molecule has 0 unspecified atom stereocenters. The molecule has 160 valence electrons. The van der Waals surface area contributed by atoms with Crippen molar-refractivity contribution in [3.8, 4) is 28.2 Å². The summed E-state index contributed by atoms with van der Waals surface area (Å²) in [6.07, 6.45) is 0. The Balaban J connectivity index is 2.01. The highest BCUT2D eigenvalue weighted by molar-refractivity contribution is 6.12. The lowest BCUT2D eigenvalue weighted by Gasteiger charge is -2.10. The molecule has 0 spiro atoms. The topological polar surface area (TPSA) is 77.5 Å². The Morgan fingerprint density at radius 1 is 1.16 bits per heavy atom. The molecule has 0 bridgehead atoms. The van der Waals surface area contributed by atoms with E-state index in [1.54, 1.807) is 25.3 Å². The molecule has 6 nitrogen and oxygen atoms in total. The van der Waals surface area contributed by atoms with Gasteiger partial charge >= 0.3 is 0 Å². The molecular weight excluding hydrogens is 399 g/mol. The third-order valence-electron chi connectivity index (χ3n) is 5.07. The monoisotopic (exact) mass is 422 g/mol. The highest BCUT2D eigenvalue weighted by atomic mass is 19.1. The Hall–Kier alpha value is -3.61. The van der Waals surface area contributed by atoms with Gasteiger partial charge in [-0.15, -0.1) is 0 Å². The zero-order valence-electron chi connectivity index (χ0n) is 18.0. The molecule has 1 N–H and O–H groups in total. The summed E-state index contributed by atoms with van der Waals surface area (Å²) in [5.74, 6) is 0.937. The van der Waals surface area contributed by atoms with E-state index in [9.17, 15) is 9.18 Å². The zero-order chi connectivity index (χ0) is 22.3. The van der Waals surface area contributed by atoms with Crippen LogP contribution >= 0.6 is 0 Å². The van der Waals surface area contributed by atoms with E-state index < -0.39 is 0 Å². The summed E-state index contributed by atoms with van der Waals surface area (Å²) in [7, 11) is 1.57. The number of carbonyl (C=O) groups is 1. The van der Waals surface area contributed by atoms with Gasteiger partial charge in [0.15, 0.2) is 0 Å². The summed E-state index contributed by atoms with van der Waals surface area (Å²) in [5.41, 5.74) is 3.76. The molecule has 0 aliphatic heterocycles. The molecule has 4 aromatic rings. The Labute approximate surface area is 179 Å². The fourth-order valence-electron chi connectivity index (χ4n) is 3.72. The second-order valence-corrected chi connectivity index (χ2v) is 7.69. The molecule has 2 aromatic heterocycles. The third kappa shape index (κ3) is 3.67. The number of benzene rings is 2. The van der Waals surface area contributed by atoms with Crippen molar-refractivity contribution in [2.45, 2.75) is 33.7 Å². The van der Waals surface area contributed by atoms with Crippen molar-refractivity contribution in [3.63, 3.8) is 0 Å². The largest absolute Gasteiger partial charge is 0.496 e. The highest BCUT2D eigenvalue weighted by Gasteiger charge is 2.26. The van der Waals surface area contributed by atoms with Gasteiger partial charge in [0, 0.05) is 22.6 Å². The number of rotatable bonds is 5. The van der Waals surface area contributed by atoms with Gasteiger partial charge in [0.2, 0.25) is 0 Å². The fourth-order valence-corrected chi connectivity index (χ4v) is 3.72. The molecule has 2 aromatic carbocycles. The Morgan fingerprint density at radius 3 is 2.45 bits per heavy atom. The summed E-state index contributed by atoms with van der Waals surface area (Å²) < 4.78 is 30.6. The van der Waals surface area contributed by atoms with Gasteiger partial charge in [0.25, 0.3) is 5.91 Å². The first kappa shape index (κ1) is 20.7. The van der Waals surface area contributed by atoms with E-state index in [0.717, 1.165) is 16.8 Å². The van der Waals surface area contributed by atoms with Crippen molar-refractivity contribution in [2.75, 3.05) is 7.11 Å². The molecule has 0 aliphatic rings. The molecular formula is C24H23FN2O4. The van der Waals surface area contributed by atoms with Crippen molar-refractivity contribution in [3.05, 3.63) is 59.2 Å². The zero-order valence-corrected chi connectivity index (χ0v) is 18.0. The second-order valence-electron chi connectivity index (χ2n) is 7.69. The van der Waals surface area contributed by atoms with Gasteiger partial charge in [-0.2, -0.15) is 0 Å². The lowest BCUT2D eigenvalue weighted by Crippen LogP contribution is -2.30. The number of aryl methyl sites for hydroxylation is 2. The van der Waals surface area contributed by atoms with Gasteiger partial charge in [0.1, 0.15) is 28.7 Å². The van der Waals surface area contributed by atoms with Crippen LogP contribution in [0.25, 0.3) is 33.4 Å². The third-order valence-corrected chi connectivity index (χ3v) is 5.07. The first-order chi connectivity index (χ1) is 14.8. The van der Waals surface area contributed by atoms with E-state index in [4.69, 9.17) is 13.7 Å². The van der Waals surface area contributed by atoms with Crippen LogP contribution < -0.4 is 10.1 Å². The minimum absolute atomic E-state index is 0.0676. The predicted molar refractivity (Wildman–Crippen MR) is 116 cm³/mol. The molecule has 7 heteroatoms. The van der Waals surface area contributed by atoms with Crippen LogP contribution in [0.1, 0.15) is 35.7 Å². The summed E-state index contributed by atoms with van der Waals surface area (Å²) in [4.78, 5) is 13.1. The molecule has 31 heavy (non-hydrogen) atoms. The van der Waals surface area contributed by atoms with Crippen molar-refractivity contribution in [1.29, 1.82) is 0 Å². The number of ether oxygens (including phenoxy) is 1. The number of carbonyl (C=O) groups excluding carboxylic acids is 1. The van der Waals surface area contributed by atoms with Crippen LogP contribution in [0.3, 0.4) is 0 Å². The number of methoxy groups -OCH3 is 1. The minimum Gasteiger partial charge on any atom is -0.496 e. The number of nitrogens with one attached hydrogen (secondary N) is 1. The predicted octanol–water partition coefficient (Wildman–Crippen LogP) is 5.66. The maximum absolute atomic E-state index is 13.5. The van der Waals surface area contributed by atoms with E-state index >= 15 is 0 Å². The van der Waals surface area contributed by atoms with Crippen molar-refractivity contribution >= 4 is 16.9 Å². The number of amides is 1. The van der Waals surface area contributed by atoms with Gasteiger partial charge in [-0.25, -0.2) is 4.39 Å². The first-order valence-corrected chi connectivity index (χ1v) is 9.94.